The summed E-state index contributed by atoms with van der Waals surface area (Å²) in [6.07, 6.45) is 2.47. The molecule has 3 aromatic rings. The van der Waals surface area contributed by atoms with Crippen molar-refractivity contribution >= 4 is 5.91 Å². The largest absolute Gasteiger partial charge is 0.349 e. The van der Waals surface area contributed by atoms with E-state index in [1.807, 2.05) is 18.2 Å². The summed E-state index contributed by atoms with van der Waals surface area (Å²) in [6, 6.07) is 16.2. The van der Waals surface area contributed by atoms with Gasteiger partial charge in [-0.05, 0) is 62.2 Å². The summed E-state index contributed by atoms with van der Waals surface area (Å²) in [5, 5.41) is 7.21. The van der Waals surface area contributed by atoms with Crippen LogP contribution in [-0.2, 0) is 11.3 Å². The van der Waals surface area contributed by atoms with Gasteiger partial charge in [0.1, 0.15) is 5.82 Å². The highest BCUT2D eigenvalue weighted by Gasteiger charge is 2.27. The Balaban J connectivity index is 1.28. The van der Waals surface area contributed by atoms with Gasteiger partial charge in [-0.2, -0.15) is 4.98 Å². The van der Waals surface area contributed by atoms with Gasteiger partial charge in [-0.1, -0.05) is 42.4 Å². The number of hydrogen-bond acceptors (Lipinski definition) is 5. The molecule has 162 valence electrons. The standard InChI is InChI=1S/C24H27FN4O2/c1-2-21(17-6-4-3-5-7-17)26-24(30)19-12-14-29(15-13-19)16-22-27-23(28-31-22)18-8-10-20(25)11-9-18/h3-11,19,21H,2,12-16H2,1H3,(H,26,30). The fourth-order valence-corrected chi connectivity index (χ4v) is 3.98. The second-order valence-electron chi connectivity index (χ2n) is 7.95. The zero-order chi connectivity index (χ0) is 21.6. The van der Waals surface area contributed by atoms with Crippen molar-refractivity contribution in [2.24, 2.45) is 5.92 Å². The number of amides is 1. The molecule has 1 unspecified atom stereocenters. The molecule has 1 amide bonds. The highest BCUT2D eigenvalue weighted by atomic mass is 19.1. The molecule has 6 nitrogen and oxygen atoms in total. The summed E-state index contributed by atoms with van der Waals surface area (Å²) in [5.41, 5.74) is 1.86. The van der Waals surface area contributed by atoms with Crippen LogP contribution in [-0.4, -0.2) is 34.0 Å². The number of carbonyl (C=O) groups is 1. The SMILES string of the molecule is CCC(NC(=O)C1CCN(Cc2nc(-c3ccc(F)cc3)no2)CC1)c1ccccc1. The second-order valence-corrected chi connectivity index (χ2v) is 7.95. The van der Waals surface area contributed by atoms with Gasteiger partial charge in [0.15, 0.2) is 0 Å². The molecule has 0 bridgehead atoms. The summed E-state index contributed by atoms with van der Waals surface area (Å²) < 4.78 is 18.4. The molecule has 2 heterocycles. The average Bonchev–Trinajstić information content (AvgIpc) is 3.27. The van der Waals surface area contributed by atoms with Gasteiger partial charge >= 0.3 is 0 Å². The summed E-state index contributed by atoms with van der Waals surface area (Å²) >= 11 is 0. The zero-order valence-corrected chi connectivity index (χ0v) is 17.6. The minimum Gasteiger partial charge on any atom is -0.349 e. The van der Waals surface area contributed by atoms with Gasteiger partial charge in [0.2, 0.25) is 17.6 Å². The fourth-order valence-electron chi connectivity index (χ4n) is 3.98. The quantitative estimate of drug-likeness (QED) is 0.613. The Bertz CT molecular complexity index is 982. The van der Waals surface area contributed by atoms with Gasteiger partial charge in [0.25, 0.3) is 0 Å². The Hall–Kier alpha value is -3.06. The van der Waals surface area contributed by atoms with E-state index in [4.69, 9.17) is 4.52 Å². The number of halogens is 1. The van der Waals surface area contributed by atoms with E-state index in [9.17, 15) is 9.18 Å². The summed E-state index contributed by atoms with van der Waals surface area (Å²) in [5.74, 6) is 0.833. The van der Waals surface area contributed by atoms with E-state index < -0.39 is 0 Å². The number of rotatable bonds is 7. The average molecular weight is 423 g/mol. The van der Waals surface area contributed by atoms with Crippen molar-refractivity contribution in [1.82, 2.24) is 20.4 Å². The number of hydrogen-bond donors (Lipinski definition) is 1. The summed E-state index contributed by atoms with van der Waals surface area (Å²) in [4.78, 5) is 19.4. The third-order valence-corrected chi connectivity index (χ3v) is 5.81. The smallest absolute Gasteiger partial charge is 0.241 e. The molecule has 1 aromatic heterocycles. The molecule has 2 aromatic carbocycles. The normalized spacial score (nSPS) is 16.2. The van der Waals surface area contributed by atoms with Crippen molar-refractivity contribution in [3.63, 3.8) is 0 Å². The predicted molar refractivity (Wildman–Crippen MR) is 115 cm³/mol. The third kappa shape index (κ3) is 5.35. The number of nitrogens with zero attached hydrogens (tertiary/aromatic N) is 3. The van der Waals surface area contributed by atoms with Gasteiger partial charge in [-0.15, -0.1) is 0 Å². The Morgan fingerprint density at radius 2 is 1.87 bits per heavy atom. The molecule has 7 heteroatoms. The minimum atomic E-state index is -0.298. The maximum atomic E-state index is 13.1. The summed E-state index contributed by atoms with van der Waals surface area (Å²) in [7, 11) is 0. The zero-order valence-electron chi connectivity index (χ0n) is 17.6. The Kier molecular flexibility index (Phi) is 6.72. The van der Waals surface area contributed by atoms with E-state index in [1.165, 1.54) is 12.1 Å². The van der Waals surface area contributed by atoms with Crippen LogP contribution in [0.4, 0.5) is 4.39 Å². The molecular weight excluding hydrogens is 395 g/mol. The van der Waals surface area contributed by atoms with E-state index in [2.05, 4.69) is 39.4 Å². The van der Waals surface area contributed by atoms with Crippen LogP contribution in [0.3, 0.4) is 0 Å². The molecule has 0 aliphatic carbocycles. The Morgan fingerprint density at radius 3 is 2.55 bits per heavy atom. The lowest BCUT2D eigenvalue weighted by Crippen LogP contribution is -2.41. The molecule has 31 heavy (non-hydrogen) atoms. The van der Waals surface area contributed by atoms with Crippen molar-refractivity contribution in [2.45, 2.75) is 38.8 Å². The molecule has 1 saturated heterocycles. The first-order valence-electron chi connectivity index (χ1n) is 10.8. The highest BCUT2D eigenvalue weighted by Crippen LogP contribution is 2.23. The van der Waals surface area contributed by atoms with Crippen LogP contribution in [0.1, 0.15) is 43.7 Å². The second kappa shape index (κ2) is 9.83. The first-order valence-corrected chi connectivity index (χ1v) is 10.8. The molecule has 1 atom stereocenters. The van der Waals surface area contributed by atoms with Crippen LogP contribution in [0, 0.1) is 11.7 Å². The van der Waals surface area contributed by atoms with Gasteiger partial charge in [0.05, 0.1) is 12.6 Å². The highest BCUT2D eigenvalue weighted by molar-refractivity contribution is 5.79. The van der Waals surface area contributed by atoms with Crippen LogP contribution in [0.15, 0.2) is 59.1 Å². The number of likely N-dealkylation sites (tertiary alicyclic amines) is 1. The number of piperidine rings is 1. The van der Waals surface area contributed by atoms with Crippen molar-refractivity contribution in [3.8, 4) is 11.4 Å². The monoisotopic (exact) mass is 422 g/mol. The first-order chi connectivity index (χ1) is 15.1. The Labute approximate surface area is 181 Å². The van der Waals surface area contributed by atoms with Gasteiger partial charge < -0.3 is 9.84 Å². The summed E-state index contributed by atoms with van der Waals surface area (Å²) in [6.45, 7) is 4.23. The number of aromatic nitrogens is 2. The minimum absolute atomic E-state index is 0.0199. The lowest BCUT2D eigenvalue weighted by Gasteiger charge is -2.31. The van der Waals surface area contributed by atoms with E-state index in [0.29, 0.717) is 18.3 Å². The first kappa shape index (κ1) is 21.2. The lowest BCUT2D eigenvalue weighted by molar-refractivity contribution is -0.127. The van der Waals surface area contributed by atoms with Crippen LogP contribution in [0.2, 0.25) is 0 Å². The predicted octanol–water partition coefficient (Wildman–Crippen LogP) is 4.36. The molecule has 0 spiro atoms. The molecule has 0 saturated carbocycles. The van der Waals surface area contributed by atoms with Crippen molar-refractivity contribution in [1.29, 1.82) is 0 Å². The van der Waals surface area contributed by atoms with E-state index in [0.717, 1.165) is 43.5 Å². The number of benzene rings is 2. The lowest BCUT2D eigenvalue weighted by atomic mass is 9.94. The molecule has 1 aliphatic rings. The van der Waals surface area contributed by atoms with Crippen molar-refractivity contribution in [3.05, 3.63) is 71.9 Å². The van der Waals surface area contributed by atoms with Crippen molar-refractivity contribution < 1.29 is 13.7 Å². The number of carbonyl (C=O) groups excluding carboxylic acids is 1. The van der Waals surface area contributed by atoms with Crippen LogP contribution >= 0.6 is 0 Å². The van der Waals surface area contributed by atoms with Crippen LogP contribution in [0.25, 0.3) is 11.4 Å². The van der Waals surface area contributed by atoms with E-state index in [1.54, 1.807) is 12.1 Å². The molecular formula is C24H27FN4O2. The van der Waals surface area contributed by atoms with Gasteiger partial charge in [-0.25, -0.2) is 4.39 Å². The third-order valence-electron chi connectivity index (χ3n) is 5.81. The van der Waals surface area contributed by atoms with Gasteiger partial charge in [0, 0.05) is 11.5 Å². The Morgan fingerprint density at radius 1 is 1.16 bits per heavy atom. The van der Waals surface area contributed by atoms with Crippen LogP contribution in [0.5, 0.6) is 0 Å². The van der Waals surface area contributed by atoms with Crippen LogP contribution < -0.4 is 5.32 Å². The molecule has 4 rings (SSSR count). The topological polar surface area (TPSA) is 71.3 Å². The molecule has 1 fully saturated rings. The number of nitrogens with one attached hydrogen (secondary N) is 1. The maximum Gasteiger partial charge on any atom is 0.241 e. The maximum absolute atomic E-state index is 13.1. The fraction of sp³-hybridized carbons (Fsp3) is 0.375. The van der Waals surface area contributed by atoms with E-state index in [-0.39, 0.29) is 23.7 Å². The van der Waals surface area contributed by atoms with E-state index >= 15 is 0 Å². The molecule has 0 radical (unpaired) electrons. The van der Waals surface area contributed by atoms with Gasteiger partial charge in [-0.3, -0.25) is 9.69 Å². The molecule has 1 N–H and O–H groups in total. The van der Waals surface area contributed by atoms with Crippen molar-refractivity contribution in [2.75, 3.05) is 13.1 Å². The molecule has 1 aliphatic heterocycles.